The molecule has 0 saturated carbocycles. The minimum absolute atomic E-state index is 0.231. The summed E-state index contributed by atoms with van der Waals surface area (Å²) in [5, 5.41) is 9.89. The number of aliphatic hydroxyl groups is 1. The zero-order chi connectivity index (χ0) is 12.1. The van der Waals surface area contributed by atoms with Gasteiger partial charge in [0.25, 0.3) is 0 Å². The van der Waals surface area contributed by atoms with Crippen LogP contribution in [0.5, 0.6) is 5.75 Å². The number of nitrogens with zero attached hydrogens (tertiary/aromatic N) is 1. The van der Waals surface area contributed by atoms with Crippen LogP contribution in [0.15, 0.2) is 48.8 Å². The van der Waals surface area contributed by atoms with Crippen LogP contribution in [0.2, 0.25) is 0 Å². The Hall–Kier alpha value is -1.87. The zero-order valence-electron chi connectivity index (χ0n) is 9.71. The maximum atomic E-state index is 9.89. The van der Waals surface area contributed by atoms with Gasteiger partial charge in [-0.05, 0) is 30.7 Å². The average Bonchev–Trinajstić information content (AvgIpc) is 2.37. The summed E-state index contributed by atoms with van der Waals surface area (Å²) in [6.45, 7) is 2.24. The standard InChI is InChI=1S/C14H15NO2/c1-11-4-2-6-13(8-11)17-10-14(16)12-5-3-7-15-9-12/h2-9,14,16H,10H2,1H3. The molecule has 0 bridgehead atoms. The van der Waals surface area contributed by atoms with Crippen LogP contribution in [0.25, 0.3) is 0 Å². The van der Waals surface area contributed by atoms with E-state index in [0.29, 0.717) is 0 Å². The fraction of sp³-hybridized carbons (Fsp3) is 0.214. The monoisotopic (exact) mass is 229 g/mol. The van der Waals surface area contributed by atoms with Gasteiger partial charge in [0, 0.05) is 18.0 Å². The summed E-state index contributed by atoms with van der Waals surface area (Å²) in [5.74, 6) is 0.771. The van der Waals surface area contributed by atoms with Crippen LogP contribution in [-0.2, 0) is 0 Å². The van der Waals surface area contributed by atoms with Crippen molar-refractivity contribution in [1.29, 1.82) is 0 Å². The average molecular weight is 229 g/mol. The second kappa shape index (κ2) is 5.46. The summed E-state index contributed by atoms with van der Waals surface area (Å²) >= 11 is 0. The lowest BCUT2D eigenvalue weighted by molar-refractivity contribution is 0.108. The van der Waals surface area contributed by atoms with E-state index >= 15 is 0 Å². The molecule has 2 aromatic rings. The molecule has 0 saturated heterocycles. The number of hydrogen-bond donors (Lipinski definition) is 1. The number of pyridine rings is 1. The largest absolute Gasteiger partial charge is 0.491 e. The second-order valence-corrected chi connectivity index (χ2v) is 3.93. The lowest BCUT2D eigenvalue weighted by Gasteiger charge is -2.12. The Morgan fingerprint density at radius 2 is 2.18 bits per heavy atom. The van der Waals surface area contributed by atoms with E-state index in [1.165, 1.54) is 0 Å². The van der Waals surface area contributed by atoms with Crippen molar-refractivity contribution in [3.05, 3.63) is 59.9 Å². The molecule has 3 nitrogen and oxygen atoms in total. The smallest absolute Gasteiger partial charge is 0.119 e. The summed E-state index contributed by atoms with van der Waals surface area (Å²) in [6.07, 6.45) is 2.67. The van der Waals surface area contributed by atoms with E-state index in [-0.39, 0.29) is 6.61 Å². The van der Waals surface area contributed by atoms with E-state index in [9.17, 15) is 5.11 Å². The first kappa shape index (κ1) is 11.6. The van der Waals surface area contributed by atoms with Crippen molar-refractivity contribution in [2.24, 2.45) is 0 Å². The van der Waals surface area contributed by atoms with Gasteiger partial charge in [0.2, 0.25) is 0 Å². The van der Waals surface area contributed by atoms with Crippen LogP contribution >= 0.6 is 0 Å². The Labute approximate surface area is 101 Å². The van der Waals surface area contributed by atoms with Gasteiger partial charge >= 0.3 is 0 Å². The van der Waals surface area contributed by atoms with Crippen molar-refractivity contribution in [2.75, 3.05) is 6.61 Å². The van der Waals surface area contributed by atoms with Crippen LogP contribution in [0.1, 0.15) is 17.2 Å². The molecular formula is C14H15NO2. The minimum atomic E-state index is -0.649. The Morgan fingerprint density at radius 1 is 1.29 bits per heavy atom. The summed E-state index contributed by atoms with van der Waals surface area (Å²) < 4.78 is 5.53. The third-order valence-corrected chi connectivity index (χ3v) is 2.47. The van der Waals surface area contributed by atoms with Crippen LogP contribution < -0.4 is 4.74 Å². The summed E-state index contributed by atoms with van der Waals surface area (Å²) in [6, 6.07) is 11.4. The first-order valence-corrected chi connectivity index (χ1v) is 5.53. The van der Waals surface area contributed by atoms with E-state index in [0.717, 1.165) is 16.9 Å². The van der Waals surface area contributed by atoms with E-state index in [4.69, 9.17) is 4.74 Å². The third-order valence-electron chi connectivity index (χ3n) is 2.47. The van der Waals surface area contributed by atoms with Crippen LogP contribution in [0.4, 0.5) is 0 Å². The summed E-state index contributed by atoms with van der Waals surface area (Å²) in [4.78, 5) is 3.96. The molecule has 1 atom stereocenters. The van der Waals surface area contributed by atoms with Crippen molar-refractivity contribution in [3.63, 3.8) is 0 Å². The van der Waals surface area contributed by atoms with Crippen molar-refractivity contribution in [3.8, 4) is 5.75 Å². The van der Waals surface area contributed by atoms with Gasteiger partial charge < -0.3 is 9.84 Å². The van der Waals surface area contributed by atoms with Gasteiger partial charge in [-0.25, -0.2) is 0 Å². The van der Waals surface area contributed by atoms with Gasteiger partial charge in [0.15, 0.2) is 0 Å². The minimum Gasteiger partial charge on any atom is -0.491 e. The molecule has 1 aromatic heterocycles. The molecule has 0 amide bonds. The number of ether oxygens (including phenoxy) is 1. The van der Waals surface area contributed by atoms with Crippen LogP contribution in [0, 0.1) is 6.92 Å². The first-order valence-electron chi connectivity index (χ1n) is 5.53. The fourth-order valence-electron chi connectivity index (χ4n) is 1.55. The Bertz CT molecular complexity index is 471. The molecule has 1 aromatic carbocycles. The summed E-state index contributed by atoms with van der Waals surface area (Å²) in [7, 11) is 0. The Balaban J connectivity index is 1.95. The molecule has 0 radical (unpaired) electrons. The quantitative estimate of drug-likeness (QED) is 0.875. The molecule has 88 valence electrons. The molecular weight excluding hydrogens is 214 g/mol. The first-order chi connectivity index (χ1) is 8.25. The highest BCUT2D eigenvalue weighted by Gasteiger charge is 2.08. The van der Waals surface area contributed by atoms with Gasteiger partial charge in [-0.3, -0.25) is 4.98 Å². The topological polar surface area (TPSA) is 42.4 Å². The number of hydrogen-bond acceptors (Lipinski definition) is 3. The molecule has 0 aliphatic heterocycles. The van der Waals surface area contributed by atoms with Crippen molar-refractivity contribution >= 4 is 0 Å². The van der Waals surface area contributed by atoms with E-state index in [1.54, 1.807) is 18.5 Å². The highest BCUT2D eigenvalue weighted by atomic mass is 16.5. The maximum Gasteiger partial charge on any atom is 0.119 e. The van der Waals surface area contributed by atoms with Crippen LogP contribution in [-0.4, -0.2) is 16.7 Å². The van der Waals surface area contributed by atoms with Gasteiger partial charge in [-0.2, -0.15) is 0 Å². The zero-order valence-corrected chi connectivity index (χ0v) is 9.71. The molecule has 17 heavy (non-hydrogen) atoms. The van der Waals surface area contributed by atoms with Crippen molar-refractivity contribution in [2.45, 2.75) is 13.0 Å². The normalized spacial score (nSPS) is 12.1. The SMILES string of the molecule is Cc1cccc(OCC(O)c2cccnc2)c1. The molecule has 0 fully saturated rings. The number of aliphatic hydroxyl groups excluding tert-OH is 1. The highest BCUT2D eigenvalue weighted by molar-refractivity contribution is 5.27. The number of aryl methyl sites for hydroxylation is 1. The summed E-state index contributed by atoms with van der Waals surface area (Å²) in [5.41, 5.74) is 1.90. The molecule has 0 aliphatic carbocycles. The molecule has 1 heterocycles. The molecule has 0 spiro atoms. The van der Waals surface area contributed by atoms with E-state index in [1.807, 2.05) is 37.3 Å². The number of rotatable bonds is 4. The number of benzene rings is 1. The molecule has 2 rings (SSSR count). The third kappa shape index (κ3) is 3.29. The molecule has 1 unspecified atom stereocenters. The van der Waals surface area contributed by atoms with E-state index in [2.05, 4.69) is 4.98 Å². The maximum absolute atomic E-state index is 9.89. The van der Waals surface area contributed by atoms with Crippen molar-refractivity contribution in [1.82, 2.24) is 4.98 Å². The van der Waals surface area contributed by atoms with Gasteiger partial charge in [0.05, 0.1) is 0 Å². The van der Waals surface area contributed by atoms with Crippen molar-refractivity contribution < 1.29 is 9.84 Å². The fourth-order valence-corrected chi connectivity index (χ4v) is 1.55. The lowest BCUT2D eigenvalue weighted by Crippen LogP contribution is -2.09. The molecule has 3 heteroatoms. The number of aromatic nitrogens is 1. The molecule has 0 aliphatic rings. The highest BCUT2D eigenvalue weighted by Crippen LogP contribution is 2.16. The second-order valence-electron chi connectivity index (χ2n) is 3.93. The van der Waals surface area contributed by atoms with Gasteiger partial charge in [-0.1, -0.05) is 18.2 Å². The predicted octanol–water partition coefficient (Wildman–Crippen LogP) is 2.50. The Kier molecular flexibility index (Phi) is 3.73. The van der Waals surface area contributed by atoms with Crippen LogP contribution in [0.3, 0.4) is 0 Å². The van der Waals surface area contributed by atoms with Gasteiger partial charge in [-0.15, -0.1) is 0 Å². The predicted molar refractivity (Wildman–Crippen MR) is 65.9 cm³/mol. The Morgan fingerprint density at radius 3 is 2.88 bits per heavy atom. The lowest BCUT2D eigenvalue weighted by atomic mass is 10.2. The van der Waals surface area contributed by atoms with Gasteiger partial charge in [0.1, 0.15) is 18.5 Å². The molecule has 1 N–H and O–H groups in total. The van der Waals surface area contributed by atoms with E-state index < -0.39 is 6.10 Å².